The summed E-state index contributed by atoms with van der Waals surface area (Å²) in [5, 5.41) is 13.5. The Hall–Kier alpha value is -1.47. The molecule has 7 heteroatoms. The number of unbranched alkanes of at least 4 members (excludes halogenated alkanes) is 1. The molecule has 1 aliphatic carbocycles. The fourth-order valence-electron chi connectivity index (χ4n) is 3.22. The second kappa shape index (κ2) is 9.83. The number of rotatable bonds is 9. The van der Waals surface area contributed by atoms with Crippen molar-refractivity contribution in [2.24, 2.45) is 5.92 Å². The Morgan fingerprint density at radius 3 is 2.43 bits per heavy atom. The van der Waals surface area contributed by atoms with Crippen molar-refractivity contribution in [3.63, 3.8) is 0 Å². The summed E-state index contributed by atoms with van der Waals surface area (Å²) in [7, 11) is -3.29. The molecule has 0 unspecified atom stereocenters. The van der Waals surface area contributed by atoms with Crippen LogP contribution in [0.25, 0.3) is 0 Å². The van der Waals surface area contributed by atoms with Gasteiger partial charge in [-0.2, -0.15) is 0 Å². The second-order valence-electron chi connectivity index (χ2n) is 8.72. The largest absolute Gasteiger partial charge is 0.504 e. The summed E-state index contributed by atoms with van der Waals surface area (Å²) in [6.45, 7) is 8.69. The molecule has 0 saturated heterocycles. The molecule has 0 spiro atoms. The van der Waals surface area contributed by atoms with E-state index in [1.165, 1.54) is 0 Å². The van der Waals surface area contributed by atoms with E-state index in [4.69, 9.17) is 4.74 Å². The van der Waals surface area contributed by atoms with Crippen molar-refractivity contribution >= 4 is 15.7 Å². The van der Waals surface area contributed by atoms with Crippen molar-refractivity contribution in [1.29, 1.82) is 0 Å². The van der Waals surface area contributed by atoms with E-state index in [1.807, 2.05) is 6.07 Å². The first kappa shape index (κ1) is 22.8. The number of anilines is 1. The summed E-state index contributed by atoms with van der Waals surface area (Å²) in [6, 6.07) is 5.45. The molecule has 0 amide bonds. The predicted molar refractivity (Wildman–Crippen MR) is 115 cm³/mol. The minimum Gasteiger partial charge on any atom is -0.504 e. The molecule has 2 rings (SSSR count). The van der Waals surface area contributed by atoms with Crippen LogP contribution in [0.15, 0.2) is 18.2 Å². The summed E-state index contributed by atoms with van der Waals surface area (Å²) in [5.41, 5.74) is 0.871. The van der Waals surface area contributed by atoms with Crippen LogP contribution in [0.2, 0.25) is 0 Å². The lowest BCUT2D eigenvalue weighted by molar-refractivity contribution is 0.293. The van der Waals surface area contributed by atoms with Crippen molar-refractivity contribution in [3.8, 4) is 11.5 Å². The number of hydrogen-bond acceptors (Lipinski definition) is 5. The van der Waals surface area contributed by atoms with Gasteiger partial charge in [0.2, 0.25) is 10.0 Å². The summed E-state index contributed by atoms with van der Waals surface area (Å²) in [5.74, 6) is 1.17. The standard InChI is InChI=1S/C21H36N2O4S/c1-5-6-13-27-20-12-11-18(14-19(20)24)22-15-16-7-9-17(10-8-16)23-28(25,26)21(2,3)4/h11-12,14,16-17,22-24H,5-10,13,15H2,1-4H3. The molecule has 28 heavy (non-hydrogen) atoms. The molecular formula is C21H36N2O4S. The highest BCUT2D eigenvalue weighted by atomic mass is 32.2. The van der Waals surface area contributed by atoms with Gasteiger partial charge >= 0.3 is 0 Å². The van der Waals surface area contributed by atoms with E-state index >= 15 is 0 Å². The Balaban J connectivity index is 1.77. The van der Waals surface area contributed by atoms with Crippen LogP contribution >= 0.6 is 0 Å². The van der Waals surface area contributed by atoms with Crippen LogP contribution in [0.4, 0.5) is 5.69 Å². The SMILES string of the molecule is CCCCOc1ccc(NCC2CCC(NS(=O)(=O)C(C)(C)C)CC2)cc1O. The fourth-order valence-corrected chi connectivity index (χ4v) is 4.25. The van der Waals surface area contributed by atoms with E-state index in [1.54, 1.807) is 32.9 Å². The van der Waals surface area contributed by atoms with Gasteiger partial charge in [0.05, 0.1) is 11.4 Å². The molecule has 0 radical (unpaired) electrons. The Labute approximate surface area is 170 Å². The van der Waals surface area contributed by atoms with Gasteiger partial charge in [0, 0.05) is 24.3 Å². The minimum absolute atomic E-state index is 0.0315. The number of ether oxygens (including phenoxy) is 1. The fraction of sp³-hybridized carbons (Fsp3) is 0.714. The third kappa shape index (κ3) is 6.55. The van der Waals surface area contributed by atoms with Crippen LogP contribution in [0.3, 0.4) is 0 Å². The smallest absolute Gasteiger partial charge is 0.216 e. The molecule has 6 nitrogen and oxygen atoms in total. The highest BCUT2D eigenvalue weighted by Gasteiger charge is 2.32. The maximum Gasteiger partial charge on any atom is 0.216 e. The van der Waals surface area contributed by atoms with Crippen molar-refractivity contribution in [3.05, 3.63) is 18.2 Å². The Bertz CT molecular complexity index is 720. The van der Waals surface area contributed by atoms with Crippen LogP contribution in [0.1, 0.15) is 66.2 Å². The molecule has 0 bridgehead atoms. The maximum atomic E-state index is 12.3. The van der Waals surface area contributed by atoms with Crippen LogP contribution < -0.4 is 14.8 Å². The lowest BCUT2D eigenvalue weighted by Crippen LogP contribution is -2.46. The molecule has 1 aliphatic rings. The third-order valence-electron chi connectivity index (χ3n) is 5.28. The monoisotopic (exact) mass is 412 g/mol. The van der Waals surface area contributed by atoms with E-state index in [-0.39, 0.29) is 11.8 Å². The zero-order valence-corrected chi connectivity index (χ0v) is 18.4. The molecule has 1 fully saturated rings. The minimum atomic E-state index is -3.29. The molecule has 1 aromatic rings. The van der Waals surface area contributed by atoms with E-state index in [9.17, 15) is 13.5 Å². The lowest BCUT2D eigenvalue weighted by Gasteiger charge is -2.31. The molecule has 0 atom stereocenters. The number of sulfonamides is 1. The number of phenolic OH excluding ortho intramolecular Hbond substituents is 1. The van der Waals surface area contributed by atoms with Crippen LogP contribution in [-0.4, -0.2) is 37.5 Å². The number of phenols is 1. The number of benzene rings is 1. The Morgan fingerprint density at radius 2 is 1.86 bits per heavy atom. The third-order valence-corrected chi connectivity index (χ3v) is 7.54. The van der Waals surface area contributed by atoms with Crippen molar-refractivity contribution in [2.45, 2.75) is 77.0 Å². The van der Waals surface area contributed by atoms with Crippen LogP contribution in [0.5, 0.6) is 11.5 Å². The zero-order chi connectivity index (χ0) is 20.8. The van der Waals surface area contributed by atoms with Gasteiger partial charge in [-0.05, 0) is 70.9 Å². The summed E-state index contributed by atoms with van der Waals surface area (Å²) >= 11 is 0. The van der Waals surface area contributed by atoms with Gasteiger partial charge in [0.1, 0.15) is 0 Å². The normalized spacial score (nSPS) is 20.7. The average Bonchev–Trinajstić information content (AvgIpc) is 2.62. The molecule has 1 saturated carbocycles. The van der Waals surface area contributed by atoms with E-state index in [0.29, 0.717) is 18.3 Å². The Morgan fingerprint density at radius 1 is 1.18 bits per heavy atom. The van der Waals surface area contributed by atoms with Gasteiger partial charge in [-0.25, -0.2) is 13.1 Å². The van der Waals surface area contributed by atoms with E-state index in [0.717, 1.165) is 50.8 Å². The summed E-state index contributed by atoms with van der Waals surface area (Å²) in [6.07, 6.45) is 5.70. The van der Waals surface area contributed by atoms with Gasteiger partial charge in [-0.3, -0.25) is 0 Å². The number of aromatic hydroxyl groups is 1. The first-order valence-electron chi connectivity index (χ1n) is 10.3. The molecule has 0 aromatic heterocycles. The number of nitrogens with one attached hydrogen (secondary N) is 2. The first-order chi connectivity index (χ1) is 13.1. The quantitative estimate of drug-likeness (QED) is 0.528. The van der Waals surface area contributed by atoms with Crippen molar-refractivity contribution < 1.29 is 18.3 Å². The van der Waals surface area contributed by atoms with E-state index in [2.05, 4.69) is 17.0 Å². The maximum absolute atomic E-state index is 12.3. The molecule has 0 aliphatic heterocycles. The average molecular weight is 413 g/mol. The summed E-state index contributed by atoms with van der Waals surface area (Å²) in [4.78, 5) is 0. The van der Waals surface area contributed by atoms with Crippen LogP contribution in [0, 0.1) is 5.92 Å². The second-order valence-corrected chi connectivity index (χ2v) is 11.2. The molecule has 160 valence electrons. The molecule has 1 aromatic carbocycles. The van der Waals surface area contributed by atoms with Crippen molar-refractivity contribution in [1.82, 2.24) is 4.72 Å². The van der Waals surface area contributed by atoms with Gasteiger partial charge in [-0.1, -0.05) is 13.3 Å². The van der Waals surface area contributed by atoms with Crippen molar-refractivity contribution in [2.75, 3.05) is 18.5 Å². The first-order valence-corrected chi connectivity index (χ1v) is 11.8. The highest BCUT2D eigenvalue weighted by molar-refractivity contribution is 7.90. The van der Waals surface area contributed by atoms with Gasteiger partial charge < -0.3 is 15.2 Å². The topological polar surface area (TPSA) is 87.7 Å². The van der Waals surface area contributed by atoms with Crippen LogP contribution in [-0.2, 0) is 10.0 Å². The molecule has 3 N–H and O–H groups in total. The van der Waals surface area contributed by atoms with Gasteiger partial charge in [0.25, 0.3) is 0 Å². The van der Waals surface area contributed by atoms with Gasteiger partial charge in [-0.15, -0.1) is 0 Å². The zero-order valence-electron chi connectivity index (χ0n) is 17.6. The lowest BCUT2D eigenvalue weighted by atomic mass is 9.86. The number of hydrogen-bond donors (Lipinski definition) is 3. The molecular weight excluding hydrogens is 376 g/mol. The predicted octanol–water partition coefficient (Wildman–Crippen LogP) is 4.26. The Kier molecular flexibility index (Phi) is 8.01. The van der Waals surface area contributed by atoms with Gasteiger partial charge in [0.15, 0.2) is 11.5 Å². The highest BCUT2D eigenvalue weighted by Crippen LogP contribution is 2.31. The van der Waals surface area contributed by atoms with E-state index < -0.39 is 14.8 Å². The molecule has 0 heterocycles. The summed E-state index contributed by atoms with van der Waals surface area (Å²) < 4.78 is 32.3.